The van der Waals surface area contributed by atoms with Crippen LogP contribution in [0.4, 0.5) is 5.69 Å². The number of sulfonamides is 1. The molecule has 0 bridgehead atoms. The van der Waals surface area contributed by atoms with Crippen LogP contribution < -0.4 is 16.0 Å². The normalized spacial score (nSPS) is 11.7. The molecule has 0 fully saturated rings. The molecule has 0 aliphatic carbocycles. The summed E-state index contributed by atoms with van der Waals surface area (Å²) in [5.74, 6) is -0.516. The summed E-state index contributed by atoms with van der Waals surface area (Å²) in [7, 11) is -2.40. The second-order valence-electron chi connectivity index (χ2n) is 5.83. The molecule has 148 valence electrons. The van der Waals surface area contributed by atoms with Gasteiger partial charge in [-0.1, -0.05) is 0 Å². The summed E-state index contributed by atoms with van der Waals surface area (Å²) >= 11 is 1.24. The topological polar surface area (TPSA) is 146 Å². The first-order valence-corrected chi connectivity index (χ1v) is 10.4. The number of nitrogens with one attached hydrogen (secondary N) is 1. The molecular formula is C16H17N5O5S2. The van der Waals surface area contributed by atoms with Crippen LogP contribution in [-0.4, -0.2) is 42.6 Å². The molecule has 10 nitrogen and oxygen atoms in total. The van der Waals surface area contributed by atoms with Crippen molar-refractivity contribution in [2.75, 3.05) is 19.0 Å². The molecule has 0 radical (unpaired) electrons. The number of rotatable bonds is 6. The first-order chi connectivity index (χ1) is 13.2. The molecule has 3 rings (SSSR count). The standard InChI is InChI=1S/C16H17N5O5S2/c1-9-12(13-15(27-9)19-8-21(16(13)23)5-6-26-2)14(22)20-10-3-4-11(18-7-10)28(17,24)25/h3-4,7-8H,5-6H2,1-2H3,(H,20,22)(H2,17,24,25). The Kier molecular flexibility index (Phi) is 5.56. The highest BCUT2D eigenvalue weighted by molar-refractivity contribution is 7.89. The Morgan fingerprint density at radius 2 is 2.11 bits per heavy atom. The lowest BCUT2D eigenvalue weighted by atomic mass is 10.1. The average Bonchev–Trinajstić information content (AvgIpc) is 2.98. The number of nitrogens with zero attached hydrogens (tertiary/aromatic N) is 3. The van der Waals surface area contributed by atoms with Crippen LogP contribution in [-0.2, 0) is 21.3 Å². The van der Waals surface area contributed by atoms with E-state index >= 15 is 0 Å². The summed E-state index contributed by atoms with van der Waals surface area (Å²) in [6.45, 7) is 2.37. The monoisotopic (exact) mass is 423 g/mol. The molecular weight excluding hydrogens is 406 g/mol. The fourth-order valence-electron chi connectivity index (χ4n) is 2.58. The molecule has 12 heteroatoms. The van der Waals surface area contributed by atoms with Gasteiger partial charge in [0.1, 0.15) is 4.83 Å². The third-order valence-electron chi connectivity index (χ3n) is 3.90. The predicted molar refractivity (Wildman–Crippen MR) is 104 cm³/mol. The molecule has 0 aliphatic heterocycles. The van der Waals surface area contributed by atoms with E-state index in [2.05, 4.69) is 15.3 Å². The number of aryl methyl sites for hydroxylation is 1. The van der Waals surface area contributed by atoms with Gasteiger partial charge in [0.15, 0.2) is 5.03 Å². The predicted octanol–water partition coefficient (Wildman–Crippen LogP) is 0.708. The highest BCUT2D eigenvalue weighted by atomic mass is 32.2. The number of ether oxygens (including phenoxy) is 1. The van der Waals surface area contributed by atoms with Crippen molar-refractivity contribution in [1.82, 2.24) is 14.5 Å². The number of hydrogen-bond acceptors (Lipinski definition) is 8. The van der Waals surface area contributed by atoms with E-state index in [1.165, 1.54) is 47.7 Å². The van der Waals surface area contributed by atoms with E-state index in [0.29, 0.717) is 22.9 Å². The molecule has 1 amide bonds. The number of anilines is 1. The highest BCUT2D eigenvalue weighted by Gasteiger charge is 2.21. The summed E-state index contributed by atoms with van der Waals surface area (Å²) < 4.78 is 28.9. The molecule has 3 heterocycles. The van der Waals surface area contributed by atoms with Crippen molar-refractivity contribution >= 4 is 43.2 Å². The Labute approximate surface area is 164 Å². The number of carbonyl (C=O) groups is 1. The lowest BCUT2D eigenvalue weighted by Gasteiger charge is -2.07. The van der Waals surface area contributed by atoms with Crippen molar-refractivity contribution in [3.05, 3.63) is 45.5 Å². The number of thiophene rings is 1. The van der Waals surface area contributed by atoms with Crippen LogP contribution in [0.5, 0.6) is 0 Å². The van der Waals surface area contributed by atoms with Gasteiger partial charge in [0.2, 0.25) is 0 Å². The number of nitrogens with two attached hydrogens (primary N) is 1. The number of carbonyl (C=O) groups excluding carboxylic acids is 1. The molecule has 0 unspecified atom stereocenters. The summed E-state index contributed by atoms with van der Waals surface area (Å²) in [6, 6.07) is 2.55. The van der Waals surface area contributed by atoms with Gasteiger partial charge in [-0.2, -0.15) is 0 Å². The number of hydrogen-bond donors (Lipinski definition) is 2. The summed E-state index contributed by atoms with van der Waals surface area (Å²) in [4.78, 5) is 34.6. The quantitative estimate of drug-likeness (QED) is 0.593. The van der Waals surface area contributed by atoms with Gasteiger partial charge in [-0.05, 0) is 19.1 Å². The van der Waals surface area contributed by atoms with E-state index in [4.69, 9.17) is 9.88 Å². The maximum Gasteiger partial charge on any atom is 0.262 e. The van der Waals surface area contributed by atoms with Crippen LogP contribution in [0.3, 0.4) is 0 Å². The van der Waals surface area contributed by atoms with Crippen LogP contribution in [0, 0.1) is 6.92 Å². The Balaban J connectivity index is 1.97. The first-order valence-electron chi connectivity index (χ1n) is 8.00. The van der Waals surface area contributed by atoms with E-state index in [-0.39, 0.29) is 27.2 Å². The van der Waals surface area contributed by atoms with Crippen molar-refractivity contribution in [1.29, 1.82) is 0 Å². The van der Waals surface area contributed by atoms with Gasteiger partial charge in [0, 0.05) is 12.0 Å². The Bertz CT molecular complexity index is 1200. The minimum atomic E-state index is -3.93. The first kappa shape index (κ1) is 20.1. The maximum absolute atomic E-state index is 12.8. The van der Waals surface area contributed by atoms with E-state index in [0.717, 1.165) is 0 Å². The molecule has 28 heavy (non-hydrogen) atoms. The lowest BCUT2D eigenvalue weighted by molar-refractivity contribution is 0.102. The van der Waals surface area contributed by atoms with Crippen molar-refractivity contribution < 1.29 is 17.9 Å². The number of pyridine rings is 1. The van der Waals surface area contributed by atoms with Crippen molar-refractivity contribution in [2.24, 2.45) is 5.14 Å². The zero-order valence-electron chi connectivity index (χ0n) is 15.0. The van der Waals surface area contributed by atoms with Gasteiger partial charge in [0.05, 0.1) is 42.3 Å². The fraction of sp³-hybridized carbons (Fsp3) is 0.250. The molecule has 0 saturated heterocycles. The van der Waals surface area contributed by atoms with Gasteiger partial charge in [-0.25, -0.2) is 23.5 Å². The minimum Gasteiger partial charge on any atom is -0.383 e. The van der Waals surface area contributed by atoms with Crippen LogP contribution in [0.15, 0.2) is 34.5 Å². The second-order valence-corrected chi connectivity index (χ2v) is 8.55. The van der Waals surface area contributed by atoms with Crippen molar-refractivity contribution in [3.63, 3.8) is 0 Å². The molecule has 0 aliphatic rings. The van der Waals surface area contributed by atoms with Gasteiger partial charge in [-0.15, -0.1) is 11.3 Å². The zero-order valence-corrected chi connectivity index (χ0v) is 16.6. The smallest absolute Gasteiger partial charge is 0.262 e. The largest absolute Gasteiger partial charge is 0.383 e. The van der Waals surface area contributed by atoms with Gasteiger partial charge in [0.25, 0.3) is 21.5 Å². The molecule has 0 saturated carbocycles. The Hall–Kier alpha value is -2.67. The molecule has 3 aromatic heterocycles. The zero-order chi connectivity index (χ0) is 20.5. The lowest BCUT2D eigenvalue weighted by Crippen LogP contribution is -2.24. The van der Waals surface area contributed by atoms with E-state index in [1.54, 1.807) is 6.92 Å². The number of amides is 1. The molecule has 3 aromatic rings. The van der Waals surface area contributed by atoms with Crippen molar-refractivity contribution in [2.45, 2.75) is 18.5 Å². The van der Waals surface area contributed by atoms with E-state index in [1.807, 2.05) is 0 Å². The second kappa shape index (κ2) is 7.75. The SMILES string of the molecule is COCCn1cnc2sc(C)c(C(=O)Nc3ccc(S(N)(=O)=O)nc3)c2c1=O. The maximum atomic E-state index is 12.8. The fourth-order valence-corrected chi connectivity index (χ4v) is 4.01. The number of primary sulfonamides is 1. The number of aromatic nitrogens is 3. The Morgan fingerprint density at radius 3 is 2.71 bits per heavy atom. The third kappa shape index (κ3) is 3.94. The molecule has 0 spiro atoms. The van der Waals surface area contributed by atoms with Crippen LogP contribution in [0.2, 0.25) is 0 Å². The molecule has 3 N–H and O–H groups in total. The van der Waals surface area contributed by atoms with Crippen LogP contribution in [0.25, 0.3) is 10.2 Å². The van der Waals surface area contributed by atoms with E-state index < -0.39 is 15.9 Å². The summed E-state index contributed by atoms with van der Waals surface area (Å²) in [6.07, 6.45) is 2.61. The van der Waals surface area contributed by atoms with E-state index in [9.17, 15) is 18.0 Å². The summed E-state index contributed by atoms with van der Waals surface area (Å²) in [5.41, 5.74) is 0.152. The number of methoxy groups -OCH3 is 1. The van der Waals surface area contributed by atoms with Crippen molar-refractivity contribution in [3.8, 4) is 0 Å². The average molecular weight is 423 g/mol. The molecule has 0 atom stereocenters. The highest BCUT2D eigenvalue weighted by Crippen LogP contribution is 2.27. The van der Waals surface area contributed by atoms with Crippen LogP contribution >= 0.6 is 11.3 Å². The Morgan fingerprint density at radius 1 is 1.36 bits per heavy atom. The third-order valence-corrected chi connectivity index (χ3v) is 5.74. The minimum absolute atomic E-state index is 0.222. The van der Waals surface area contributed by atoms with Gasteiger partial charge >= 0.3 is 0 Å². The summed E-state index contributed by atoms with van der Waals surface area (Å²) in [5, 5.41) is 7.54. The van der Waals surface area contributed by atoms with Crippen LogP contribution in [0.1, 0.15) is 15.2 Å². The van der Waals surface area contributed by atoms with Gasteiger partial charge in [-0.3, -0.25) is 14.2 Å². The molecule has 0 aromatic carbocycles. The van der Waals surface area contributed by atoms with Gasteiger partial charge < -0.3 is 10.1 Å². The number of fused-ring (bicyclic) bond motifs is 1.